The molecule has 132 valence electrons. The van der Waals surface area contributed by atoms with Gasteiger partial charge >= 0.3 is 0 Å². The third-order valence-electron chi connectivity index (χ3n) is 4.63. The van der Waals surface area contributed by atoms with Gasteiger partial charge in [0.25, 0.3) is 0 Å². The first-order chi connectivity index (χ1) is 12.1. The van der Waals surface area contributed by atoms with Crippen LogP contribution in [0.5, 0.6) is 0 Å². The Labute approximate surface area is 146 Å². The molecule has 5 heteroatoms. The third-order valence-corrected chi connectivity index (χ3v) is 4.63. The van der Waals surface area contributed by atoms with Crippen LogP contribution in [0.1, 0.15) is 29.9 Å². The van der Waals surface area contributed by atoms with Gasteiger partial charge in [0, 0.05) is 25.1 Å². The molecule has 1 fully saturated rings. The van der Waals surface area contributed by atoms with E-state index in [0.717, 1.165) is 18.1 Å². The summed E-state index contributed by atoms with van der Waals surface area (Å²) in [4.78, 5) is 14.7. The summed E-state index contributed by atoms with van der Waals surface area (Å²) in [5.74, 6) is -1.55. The van der Waals surface area contributed by atoms with E-state index in [1.54, 1.807) is 4.90 Å². The molecule has 2 N–H and O–H groups in total. The first-order valence-corrected chi connectivity index (χ1v) is 8.58. The van der Waals surface area contributed by atoms with Crippen molar-refractivity contribution in [3.05, 3.63) is 71.3 Å². The fourth-order valence-electron chi connectivity index (χ4n) is 3.20. The second kappa shape index (κ2) is 7.74. The van der Waals surface area contributed by atoms with Crippen LogP contribution in [0, 0.1) is 17.6 Å². The Bertz CT molecular complexity index is 736. The molecule has 0 saturated heterocycles. The number of carbonyl (C=O) groups is 1. The highest BCUT2D eigenvalue weighted by atomic mass is 19.1. The minimum absolute atomic E-state index is 0.0195. The zero-order valence-corrected chi connectivity index (χ0v) is 14.0. The van der Waals surface area contributed by atoms with Crippen LogP contribution in [0.2, 0.25) is 0 Å². The van der Waals surface area contributed by atoms with Gasteiger partial charge in [-0.1, -0.05) is 36.4 Å². The average Bonchev–Trinajstić information content (AvgIpc) is 3.39. The van der Waals surface area contributed by atoms with Crippen molar-refractivity contribution in [2.75, 3.05) is 13.1 Å². The van der Waals surface area contributed by atoms with Crippen LogP contribution in [0.15, 0.2) is 48.5 Å². The predicted molar refractivity (Wildman–Crippen MR) is 92.7 cm³/mol. The number of benzene rings is 2. The van der Waals surface area contributed by atoms with E-state index in [1.165, 1.54) is 12.1 Å². The average molecular weight is 344 g/mol. The Hall–Kier alpha value is -2.27. The molecule has 3 nitrogen and oxygen atoms in total. The Morgan fingerprint density at radius 1 is 1.16 bits per heavy atom. The fourth-order valence-corrected chi connectivity index (χ4v) is 3.20. The lowest BCUT2D eigenvalue weighted by molar-refractivity contribution is -0.133. The van der Waals surface area contributed by atoms with Crippen LogP contribution in [0.3, 0.4) is 0 Å². The van der Waals surface area contributed by atoms with Crippen molar-refractivity contribution < 1.29 is 13.6 Å². The lowest BCUT2D eigenvalue weighted by Crippen LogP contribution is -2.34. The molecule has 0 aliphatic heterocycles. The fraction of sp³-hybridized carbons (Fsp3) is 0.350. The molecule has 2 aromatic carbocycles. The summed E-state index contributed by atoms with van der Waals surface area (Å²) < 4.78 is 27.0. The van der Waals surface area contributed by atoms with E-state index >= 15 is 0 Å². The molecule has 2 unspecified atom stereocenters. The molecular weight excluding hydrogens is 322 g/mol. The van der Waals surface area contributed by atoms with E-state index in [4.69, 9.17) is 5.73 Å². The summed E-state index contributed by atoms with van der Waals surface area (Å²) >= 11 is 0. The zero-order chi connectivity index (χ0) is 17.8. The van der Waals surface area contributed by atoms with Gasteiger partial charge in [-0.25, -0.2) is 8.78 Å². The van der Waals surface area contributed by atoms with Gasteiger partial charge < -0.3 is 10.6 Å². The van der Waals surface area contributed by atoms with Crippen molar-refractivity contribution in [2.45, 2.75) is 25.3 Å². The highest BCUT2D eigenvalue weighted by Crippen LogP contribution is 2.49. The van der Waals surface area contributed by atoms with E-state index in [9.17, 15) is 13.6 Å². The van der Waals surface area contributed by atoms with E-state index in [0.29, 0.717) is 31.6 Å². The van der Waals surface area contributed by atoms with Crippen LogP contribution in [0.25, 0.3) is 0 Å². The van der Waals surface area contributed by atoms with Crippen molar-refractivity contribution >= 4 is 5.91 Å². The molecule has 0 aromatic heterocycles. The summed E-state index contributed by atoms with van der Waals surface area (Å²) in [5.41, 5.74) is 7.07. The van der Waals surface area contributed by atoms with Crippen LogP contribution >= 0.6 is 0 Å². The number of nitrogens with zero attached hydrogens (tertiary/aromatic N) is 1. The minimum atomic E-state index is -0.599. The van der Waals surface area contributed by atoms with Gasteiger partial charge in [-0.3, -0.25) is 4.79 Å². The standard InChI is InChI=1S/C20H22F2N2O/c21-15-7-8-16(19(22)11-15)17-12-18(17)20(25)24(10-4-9-23)13-14-5-2-1-3-6-14/h1-3,5-8,11,17-18H,4,9-10,12-13,23H2. The number of halogens is 2. The maximum absolute atomic E-state index is 13.9. The van der Waals surface area contributed by atoms with Gasteiger partial charge in [-0.05, 0) is 42.5 Å². The summed E-state index contributed by atoms with van der Waals surface area (Å²) in [6.45, 7) is 1.62. The minimum Gasteiger partial charge on any atom is -0.338 e. The molecule has 25 heavy (non-hydrogen) atoms. The molecule has 2 atom stereocenters. The smallest absolute Gasteiger partial charge is 0.226 e. The molecule has 2 aromatic rings. The predicted octanol–water partition coefficient (Wildman–Crippen LogP) is 3.45. The van der Waals surface area contributed by atoms with Gasteiger partial charge in [-0.2, -0.15) is 0 Å². The maximum atomic E-state index is 13.9. The number of amides is 1. The van der Waals surface area contributed by atoms with Crippen molar-refractivity contribution in [1.82, 2.24) is 4.90 Å². The second-order valence-corrected chi connectivity index (χ2v) is 6.50. The van der Waals surface area contributed by atoms with E-state index in [-0.39, 0.29) is 17.7 Å². The highest BCUT2D eigenvalue weighted by molar-refractivity contribution is 5.83. The first kappa shape index (κ1) is 17.5. The van der Waals surface area contributed by atoms with E-state index in [1.807, 2.05) is 30.3 Å². The number of rotatable bonds is 7. The van der Waals surface area contributed by atoms with Gasteiger partial charge in [-0.15, -0.1) is 0 Å². The molecule has 1 amide bonds. The maximum Gasteiger partial charge on any atom is 0.226 e. The van der Waals surface area contributed by atoms with Crippen molar-refractivity contribution in [1.29, 1.82) is 0 Å². The van der Waals surface area contributed by atoms with Gasteiger partial charge in [0.2, 0.25) is 5.91 Å². The van der Waals surface area contributed by atoms with Crippen LogP contribution in [-0.4, -0.2) is 23.9 Å². The van der Waals surface area contributed by atoms with Gasteiger partial charge in [0.05, 0.1) is 0 Å². The summed E-state index contributed by atoms with van der Waals surface area (Å²) in [5, 5.41) is 0. The molecule has 1 aliphatic rings. The van der Waals surface area contributed by atoms with Crippen molar-refractivity contribution in [3.63, 3.8) is 0 Å². The number of carbonyl (C=O) groups excluding carboxylic acids is 1. The second-order valence-electron chi connectivity index (χ2n) is 6.50. The van der Waals surface area contributed by atoms with Crippen LogP contribution in [0.4, 0.5) is 8.78 Å². The molecule has 1 aliphatic carbocycles. The van der Waals surface area contributed by atoms with Crippen LogP contribution in [-0.2, 0) is 11.3 Å². The van der Waals surface area contributed by atoms with E-state index in [2.05, 4.69) is 0 Å². The third kappa shape index (κ3) is 4.23. The van der Waals surface area contributed by atoms with Crippen molar-refractivity contribution in [3.8, 4) is 0 Å². The van der Waals surface area contributed by atoms with Gasteiger partial charge in [0.1, 0.15) is 11.6 Å². The zero-order valence-electron chi connectivity index (χ0n) is 14.0. The molecule has 0 bridgehead atoms. The molecule has 0 heterocycles. The molecule has 0 spiro atoms. The Kier molecular flexibility index (Phi) is 5.43. The van der Waals surface area contributed by atoms with Crippen molar-refractivity contribution in [2.24, 2.45) is 11.7 Å². The highest BCUT2D eigenvalue weighted by Gasteiger charge is 2.46. The largest absolute Gasteiger partial charge is 0.338 e. The topological polar surface area (TPSA) is 46.3 Å². The molecule has 0 radical (unpaired) electrons. The lowest BCUT2D eigenvalue weighted by Gasteiger charge is -2.23. The Morgan fingerprint density at radius 3 is 2.60 bits per heavy atom. The number of nitrogens with two attached hydrogens (primary N) is 1. The van der Waals surface area contributed by atoms with E-state index < -0.39 is 11.6 Å². The molecule has 3 rings (SSSR count). The Balaban J connectivity index is 1.70. The summed E-state index contributed by atoms with van der Waals surface area (Å²) in [7, 11) is 0. The Morgan fingerprint density at radius 2 is 1.92 bits per heavy atom. The SMILES string of the molecule is NCCCN(Cc1ccccc1)C(=O)C1CC1c1ccc(F)cc1F. The lowest BCUT2D eigenvalue weighted by atomic mass is 10.1. The number of hydrogen-bond donors (Lipinski definition) is 1. The number of hydrogen-bond acceptors (Lipinski definition) is 2. The summed E-state index contributed by atoms with van der Waals surface area (Å²) in [6.07, 6.45) is 1.33. The van der Waals surface area contributed by atoms with Gasteiger partial charge in [0.15, 0.2) is 0 Å². The summed E-state index contributed by atoms with van der Waals surface area (Å²) in [6, 6.07) is 13.3. The molecule has 1 saturated carbocycles. The first-order valence-electron chi connectivity index (χ1n) is 8.58. The molecular formula is C20H22F2N2O. The normalized spacial score (nSPS) is 18.8. The quantitative estimate of drug-likeness (QED) is 0.836. The monoisotopic (exact) mass is 344 g/mol. The van der Waals surface area contributed by atoms with Crippen LogP contribution < -0.4 is 5.73 Å².